The Balaban J connectivity index is 2.50. The van der Waals surface area contributed by atoms with Gasteiger partial charge < -0.3 is 11.1 Å². The smallest absolute Gasteiger partial charge is 0.0150 e. The van der Waals surface area contributed by atoms with Crippen molar-refractivity contribution in [2.45, 2.75) is 51.1 Å². The monoisotopic (exact) mass is 170 g/mol. The molecule has 0 heterocycles. The molecule has 0 amide bonds. The maximum Gasteiger partial charge on any atom is 0.0150 e. The normalized spacial score (nSPS) is 32.0. The molecule has 0 aliphatic heterocycles. The highest BCUT2D eigenvalue weighted by Gasteiger charge is 2.31. The van der Waals surface area contributed by atoms with Crippen molar-refractivity contribution < 1.29 is 0 Å². The molecule has 2 heteroatoms. The minimum atomic E-state index is 0.262. The Morgan fingerprint density at radius 1 is 1.33 bits per heavy atom. The van der Waals surface area contributed by atoms with Crippen molar-refractivity contribution in [2.75, 3.05) is 7.05 Å². The van der Waals surface area contributed by atoms with Gasteiger partial charge in [0.1, 0.15) is 0 Å². The lowest BCUT2D eigenvalue weighted by molar-refractivity contribution is 0.191. The van der Waals surface area contributed by atoms with E-state index in [2.05, 4.69) is 19.2 Å². The van der Waals surface area contributed by atoms with Gasteiger partial charge in [0.05, 0.1) is 0 Å². The van der Waals surface area contributed by atoms with E-state index < -0.39 is 0 Å². The lowest BCUT2D eigenvalue weighted by atomic mass is 9.75. The number of nitrogens with one attached hydrogen (secondary N) is 1. The Kier molecular flexibility index (Phi) is 3.13. The van der Waals surface area contributed by atoms with Crippen molar-refractivity contribution in [1.82, 2.24) is 5.32 Å². The molecule has 2 unspecified atom stereocenters. The molecule has 72 valence electrons. The van der Waals surface area contributed by atoms with Crippen LogP contribution >= 0.6 is 0 Å². The predicted octanol–water partition coefficient (Wildman–Crippen LogP) is 1.50. The van der Waals surface area contributed by atoms with Gasteiger partial charge in [0.25, 0.3) is 0 Å². The number of hydrogen-bond donors (Lipinski definition) is 2. The Hall–Kier alpha value is -0.0800. The Bertz CT molecular complexity index is 143. The lowest BCUT2D eigenvalue weighted by Gasteiger charge is -2.38. The summed E-state index contributed by atoms with van der Waals surface area (Å²) in [6.07, 6.45) is 5.04. The van der Waals surface area contributed by atoms with Crippen molar-refractivity contribution in [2.24, 2.45) is 11.7 Å². The minimum Gasteiger partial charge on any atom is -0.328 e. The summed E-state index contributed by atoms with van der Waals surface area (Å²) in [7, 11) is 2.04. The highest BCUT2D eigenvalue weighted by atomic mass is 14.9. The molecule has 1 rings (SSSR count). The summed E-state index contributed by atoms with van der Waals surface area (Å²) >= 11 is 0. The van der Waals surface area contributed by atoms with E-state index in [0.29, 0.717) is 6.04 Å². The SMILES string of the molecule is CNC(C)(C)C1CCCC(N)C1. The topological polar surface area (TPSA) is 38.0 Å². The van der Waals surface area contributed by atoms with Crippen molar-refractivity contribution in [3.63, 3.8) is 0 Å². The Labute approximate surface area is 75.9 Å². The fraction of sp³-hybridized carbons (Fsp3) is 1.00. The first-order chi connectivity index (χ1) is 5.56. The van der Waals surface area contributed by atoms with Crippen LogP contribution in [0.25, 0.3) is 0 Å². The standard InChI is InChI=1S/C10H22N2/c1-10(2,12-3)8-5-4-6-9(11)7-8/h8-9,12H,4-7,11H2,1-3H3. The highest BCUT2D eigenvalue weighted by molar-refractivity contribution is 4.89. The molecule has 1 aliphatic carbocycles. The first-order valence-corrected chi connectivity index (χ1v) is 5.01. The molecule has 0 radical (unpaired) electrons. The molecular weight excluding hydrogens is 148 g/mol. The second kappa shape index (κ2) is 3.75. The minimum absolute atomic E-state index is 0.262. The van der Waals surface area contributed by atoms with Crippen molar-refractivity contribution in [3.8, 4) is 0 Å². The molecule has 1 fully saturated rings. The first kappa shape index (κ1) is 10.0. The van der Waals surface area contributed by atoms with Crippen LogP contribution in [0.3, 0.4) is 0 Å². The van der Waals surface area contributed by atoms with Crippen LogP contribution in [0.15, 0.2) is 0 Å². The molecule has 2 nitrogen and oxygen atoms in total. The fourth-order valence-electron chi connectivity index (χ4n) is 2.09. The van der Waals surface area contributed by atoms with Crippen LogP contribution in [0.5, 0.6) is 0 Å². The summed E-state index contributed by atoms with van der Waals surface area (Å²) < 4.78 is 0. The quantitative estimate of drug-likeness (QED) is 0.659. The largest absolute Gasteiger partial charge is 0.328 e. The number of rotatable bonds is 2. The van der Waals surface area contributed by atoms with E-state index in [9.17, 15) is 0 Å². The van der Waals surface area contributed by atoms with Crippen molar-refractivity contribution in [3.05, 3.63) is 0 Å². The van der Waals surface area contributed by atoms with Gasteiger partial charge in [0.2, 0.25) is 0 Å². The lowest BCUT2D eigenvalue weighted by Crippen LogP contribution is -2.47. The molecule has 3 N–H and O–H groups in total. The van der Waals surface area contributed by atoms with E-state index >= 15 is 0 Å². The van der Waals surface area contributed by atoms with Crippen LogP contribution in [0, 0.1) is 5.92 Å². The second-order valence-electron chi connectivity index (χ2n) is 4.60. The van der Waals surface area contributed by atoms with Crippen LogP contribution in [-0.2, 0) is 0 Å². The third-order valence-electron chi connectivity index (χ3n) is 3.38. The van der Waals surface area contributed by atoms with Crippen LogP contribution in [0.1, 0.15) is 39.5 Å². The fourth-order valence-corrected chi connectivity index (χ4v) is 2.09. The van der Waals surface area contributed by atoms with E-state index in [1.165, 1.54) is 25.7 Å². The van der Waals surface area contributed by atoms with Crippen LogP contribution in [0.2, 0.25) is 0 Å². The zero-order valence-electron chi connectivity index (χ0n) is 8.56. The van der Waals surface area contributed by atoms with Gasteiger partial charge >= 0.3 is 0 Å². The average molecular weight is 170 g/mol. The molecular formula is C10H22N2. The van der Waals surface area contributed by atoms with Gasteiger partial charge in [-0.05, 0) is 46.1 Å². The maximum absolute atomic E-state index is 5.95. The molecule has 12 heavy (non-hydrogen) atoms. The van der Waals surface area contributed by atoms with E-state index in [1.807, 2.05) is 7.05 Å². The zero-order valence-corrected chi connectivity index (χ0v) is 8.56. The molecule has 0 bridgehead atoms. The summed E-state index contributed by atoms with van der Waals surface area (Å²) in [6, 6.07) is 0.441. The van der Waals surface area contributed by atoms with Crippen LogP contribution in [-0.4, -0.2) is 18.6 Å². The van der Waals surface area contributed by atoms with Gasteiger partial charge in [0, 0.05) is 11.6 Å². The van der Waals surface area contributed by atoms with Gasteiger partial charge in [-0.15, -0.1) is 0 Å². The zero-order chi connectivity index (χ0) is 9.19. The van der Waals surface area contributed by atoms with Gasteiger partial charge in [-0.3, -0.25) is 0 Å². The van der Waals surface area contributed by atoms with Gasteiger partial charge in [-0.25, -0.2) is 0 Å². The summed E-state index contributed by atoms with van der Waals surface area (Å²) in [5.41, 5.74) is 6.21. The van der Waals surface area contributed by atoms with E-state index in [1.54, 1.807) is 0 Å². The van der Waals surface area contributed by atoms with Crippen molar-refractivity contribution >= 4 is 0 Å². The second-order valence-corrected chi connectivity index (χ2v) is 4.60. The summed E-state index contributed by atoms with van der Waals surface area (Å²) in [5.74, 6) is 0.756. The van der Waals surface area contributed by atoms with Crippen LogP contribution in [0.4, 0.5) is 0 Å². The summed E-state index contributed by atoms with van der Waals surface area (Å²) in [5, 5.41) is 3.38. The maximum atomic E-state index is 5.95. The molecule has 2 atom stereocenters. The molecule has 1 saturated carbocycles. The van der Waals surface area contributed by atoms with E-state index in [-0.39, 0.29) is 5.54 Å². The third kappa shape index (κ3) is 2.20. The Morgan fingerprint density at radius 2 is 2.00 bits per heavy atom. The van der Waals surface area contributed by atoms with Crippen molar-refractivity contribution in [1.29, 1.82) is 0 Å². The number of hydrogen-bond acceptors (Lipinski definition) is 2. The first-order valence-electron chi connectivity index (χ1n) is 5.01. The summed E-state index contributed by atoms with van der Waals surface area (Å²) in [6.45, 7) is 4.55. The molecule has 0 aromatic rings. The third-order valence-corrected chi connectivity index (χ3v) is 3.38. The molecule has 1 aliphatic rings. The Morgan fingerprint density at radius 3 is 2.50 bits per heavy atom. The molecule has 0 saturated heterocycles. The molecule has 0 aromatic heterocycles. The van der Waals surface area contributed by atoms with Gasteiger partial charge in [-0.1, -0.05) is 6.42 Å². The molecule has 0 aromatic carbocycles. The van der Waals surface area contributed by atoms with Crippen LogP contribution < -0.4 is 11.1 Å². The van der Waals surface area contributed by atoms with E-state index in [4.69, 9.17) is 5.73 Å². The molecule has 0 spiro atoms. The van der Waals surface area contributed by atoms with Gasteiger partial charge in [0.15, 0.2) is 0 Å². The highest BCUT2D eigenvalue weighted by Crippen LogP contribution is 2.31. The predicted molar refractivity (Wildman–Crippen MR) is 53.1 cm³/mol. The number of nitrogens with two attached hydrogens (primary N) is 1. The summed E-state index contributed by atoms with van der Waals surface area (Å²) in [4.78, 5) is 0. The van der Waals surface area contributed by atoms with E-state index in [0.717, 1.165) is 5.92 Å². The van der Waals surface area contributed by atoms with Gasteiger partial charge in [-0.2, -0.15) is 0 Å². The average Bonchev–Trinajstić information content (AvgIpc) is 2.05.